The lowest BCUT2D eigenvalue weighted by atomic mass is 10.2. The monoisotopic (exact) mass is 358 g/mol. The van der Waals surface area contributed by atoms with E-state index in [9.17, 15) is 0 Å². The van der Waals surface area contributed by atoms with Crippen molar-refractivity contribution in [3.05, 3.63) is 114 Å². The Labute approximate surface area is 160 Å². The molecular formula is C23H22N2S. The van der Waals surface area contributed by atoms with Crippen LogP contribution >= 0.6 is 12.2 Å². The van der Waals surface area contributed by atoms with Gasteiger partial charge in [0, 0.05) is 19.3 Å². The first kappa shape index (κ1) is 17.9. The average Bonchev–Trinajstić information content (AvgIpc) is 2.70. The number of rotatable bonds is 6. The fourth-order valence-electron chi connectivity index (χ4n) is 2.67. The van der Waals surface area contributed by atoms with Crippen LogP contribution < -0.4 is 5.32 Å². The fourth-order valence-corrected chi connectivity index (χ4v) is 2.87. The van der Waals surface area contributed by atoms with Crippen molar-refractivity contribution in [2.45, 2.75) is 13.1 Å². The zero-order chi connectivity index (χ0) is 18.0. The largest absolute Gasteiger partial charge is 0.340 e. The second-order valence-electron chi connectivity index (χ2n) is 6.02. The quantitative estimate of drug-likeness (QED) is 0.607. The van der Waals surface area contributed by atoms with Crippen LogP contribution in [0.3, 0.4) is 0 Å². The molecule has 0 saturated heterocycles. The van der Waals surface area contributed by atoms with Gasteiger partial charge in [-0.05, 0) is 35.0 Å². The van der Waals surface area contributed by atoms with Crippen molar-refractivity contribution in [1.29, 1.82) is 0 Å². The normalized spacial score (nSPS) is 10.6. The summed E-state index contributed by atoms with van der Waals surface area (Å²) in [7, 11) is 0. The molecule has 3 aromatic rings. The van der Waals surface area contributed by atoms with E-state index in [4.69, 9.17) is 12.2 Å². The standard InChI is InChI=1S/C23H22N2S/c26-23(24-17-16-20-10-4-1-5-11-20)25(18-21-12-6-2-7-13-21)19-22-14-8-3-9-15-22/h1-17H,18-19H2,(H,24,26). The molecule has 3 aromatic carbocycles. The van der Waals surface area contributed by atoms with Crippen molar-refractivity contribution in [2.24, 2.45) is 0 Å². The summed E-state index contributed by atoms with van der Waals surface area (Å²) in [6.07, 6.45) is 3.93. The van der Waals surface area contributed by atoms with Crippen LogP contribution in [0.1, 0.15) is 16.7 Å². The predicted molar refractivity (Wildman–Crippen MR) is 113 cm³/mol. The zero-order valence-electron chi connectivity index (χ0n) is 14.6. The number of nitrogens with one attached hydrogen (secondary N) is 1. The summed E-state index contributed by atoms with van der Waals surface area (Å²) in [5.74, 6) is 0. The van der Waals surface area contributed by atoms with Crippen molar-refractivity contribution >= 4 is 23.4 Å². The topological polar surface area (TPSA) is 15.3 Å². The van der Waals surface area contributed by atoms with Gasteiger partial charge in [0.25, 0.3) is 0 Å². The summed E-state index contributed by atoms with van der Waals surface area (Å²) in [6.45, 7) is 1.53. The van der Waals surface area contributed by atoms with E-state index in [0.717, 1.165) is 18.7 Å². The van der Waals surface area contributed by atoms with Crippen LogP contribution in [0.5, 0.6) is 0 Å². The lowest BCUT2D eigenvalue weighted by Crippen LogP contribution is -2.36. The molecule has 0 aromatic heterocycles. The van der Waals surface area contributed by atoms with Gasteiger partial charge < -0.3 is 10.2 Å². The van der Waals surface area contributed by atoms with Crippen molar-refractivity contribution < 1.29 is 0 Å². The lowest BCUT2D eigenvalue weighted by Gasteiger charge is -2.25. The molecule has 3 rings (SSSR count). The van der Waals surface area contributed by atoms with Crippen LogP contribution in [0, 0.1) is 0 Å². The molecule has 0 aliphatic carbocycles. The predicted octanol–water partition coefficient (Wildman–Crippen LogP) is 5.23. The van der Waals surface area contributed by atoms with Crippen LogP contribution in [0.25, 0.3) is 6.08 Å². The Bertz CT molecular complexity index is 788. The van der Waals surface area contributed by atoms with Crippen molar-refractivity contribution in [3.8, 4) is 0 Å². The summed E-state index contributed by atoms with van der Waals surface area (Å²) < 4.78 is 0. The van der Waals surface area contributed by atoms with Crippen molar-refractivity contribution in [2.75, 3.05) is 0 Å². The smallest absolute Gasteiger partial charge is 0.173 e. The molecule has 0 heterocycles. The number of thiocarbonyl (C=S) groups is 1. The van der Waals surface area contributed by atoms with Crippen molar-refractivity contribution in [1.82, 2.24) is 10.2 Å². The number of nitrogens with zero attached hydrogens (tertiary/aromatic N) is 1. The molecular weight excluding hydrogens is 336 g/mol. The molecule has 130 valence electrons. The summed E-state index contributed by atoms with van der Waals surface area (Å²) in [4.78, 5) is 2.18. The van der Waals surface area contributed by atoms with Gasteiger partial charge in [-0.3, -0.25) is 0 Å². The molecule has 0 fully saturated rings. The molecule has 0 saturated carbocycles. The van der Waals surface area contributed by atoms with Crippen LogP contribution in [0.15, 0.2) is 97.2 Å². The molecule has 0 aliphatic rings. The molecule has 3 heteroatoms. The van der Waals surface area contributed by atoms with Gasteiger partial charge in [-0.2, -0.15) is 0 Å². The van der Waals surface area contributed by atoms with Gasteiger partial charge in [0.2, 0.25) is 0 Å². The van der Waals surface area contributed by atoms with E-state index in [2.05, 4.69) is 70.9 Å². The van der Waals surface area contributed by atoms with Gasteiger partial charge in [-0.25, -0.2) is 0 Å². The summed E-state index contributed by atoms with van der Waals surface area (Å²) in [6, 6.07) is 31.0. The van der Waals surface area contributed by atoms with E-state index >= 15 is 0 Å². The first-order valence-corrected chi connectivity index (χ1v) is 9.07. The molecule has 26 heavy (non-hydrogen) atoms. The fraction of sp³-hybridized carbons (Fsp3) is 0.0870. The molecule has 0 amide bonds. The summed E-state index contributed by atoms with van der Waals surface area (Å²) >= 11 is 5.65. The molecule has 0 atom stereocenters. The van der Waals surface area contributed by atoms with Gasteiger partial charge in [-0.15, -0.1) is 0 Å². The van der Waals surface area contributed by atoms with Crippen molar-refractivity contribution in [3.63, 3.8) is 0 Å². The van der Waals surface area contributed by atoms with E-state index < -0.39 is 0 Å². The second-order valence-corrected chi connectivity index (χ2v) is 6.41. The van der Waals surface area contributed by atoms with Gasteiger partial charge in [0.1, 0.15) is 0 Å². The second kappa shape index (κ2) is 9.54. The lowest BCUT2D eigenvalue weighted by molar-refractivity contribution is 0.404. The molecule has 0 aliphatic heterocycles. The Hall–Kier alpha value is -2.91. The minimum absolute atomic E-state index is 0.713. The molecule has 0 radical (unpaired) electrons. The molecule has 2 nitrogen and oxygen atoms in total. The first-order valence-electron chi connectivity index (χ1n) is 8.66. The molecule has 1 N–H and O–H groups in total. The summed E-state index contributed by atoms with van der Waals surface area (Å²) in [5.41, 5.74) is 3.61. The Morgan fingerprint density at radius 1 is 0.731 bits per heavy atom. The number of hydrogen-bond donors (Lipinski definition) is 1. The third-order valence-electron chi connectivity index (χ3n) is 4.00. The van der Waals surface area contributed by atoms with E-state index in [-0.39, 0.29) is 0 Å². The molecule has 0 bridgehead atoms. The first-order chi connectivity index (χ1) is 12.8. The third-order valence-corrected chi connectivity index (χ3v) is 4.38. The minimum Gasteiger partial charge on any atom is -0.340 e. The number of benzene rings is 3. The SMILES string of the molecule is S=C(NC=Cc1ccccc1)N(Cc1ccccc1)Cc1ccccc1. The third kappa shape index (κ3) is 5.57. The molecule has 0 spiro atoms. The van der Waals surface area contributed by atoms with Gasteiger partial charge in [-0.1, -0.05) is 91.0 Å². The van der Waals surface area contributed by atoms with E-state index in [1.807, 2.05) is 42.6 Å². The maximum atomic E-state index is 5.65. The van der Waals surface area contributed by atoms with E-state index in [1.165, 1.54) is 11.1 Å². The Morgan fingerprint density at radius 3 is 1.69 bits per heavy atom. The van der Waals surface area contributed by atoms with Gasteiger partial charge in [0.05, 0.1) is 0 Å². The van der Waals surface area contributed by atoms with Crippen LogP contribution in [0.2, 0.25) is 0 Å². The number of hydrogen-bond acceptors (Lipinski definition) is 1. The van der Waals surface area contributed by atoms with Gasteiger partial charge >= 0.3 is 0 Å². The highest BCUT2D eigenvalue weighted by atomic mass is 32.1. The summed E-state index contributed by atoms with van der Waals surface area (Å²) in [5, 5.41) is 3.96. The molecule has 0 unspecified atom stereocenters. The van der Waals surface area contributed by atoms with Crippen LogP contribution in [-0.2, 0) is 13.1 Å². The maximum absolute atomic E-state index is 5.65. The van der Waals surface area contributed by atoms with E-state index in [1.54, 1.807) is 0 Å². The Morgan fingerprint density at radius 2 is 1.19 bits per heavy atom. The zero-order valence-corrected chi connectivity index (χ0v) is 15.4. The van der Waals surface area contributed by atoms with Crippen LogP contribution in [0.4, 0.5) is 0 Å². The van der Waals surface area contributed by atoms with Gasteiger partial charge in [0.15, 0.2) is 5.11 Å². The highest BCUT2D eigenvalue weighted by Crippen LogP contribution is 2.11. The Kier molecular flexibility index (Phi) is 6.57. The minimum atomic E-state index is 0.713. The highest BCUT2D eigenvalue weighted by Gasteiger charge is 2.10. The van der Waals surface area contributed by atoms with Crippen LogP contribution in [-0.4, -0.2) is 10.0 Å². The average molecular weight is 359 g/mol. The van der Waals surface area contributed by atoms with E-state index in [0.29, 0.717) is 5.11 Å². The Balaban J connectivity index is 1.69. The maximum Gasteiger partial charge on any atom is 0.173 e. The highest BCUT2D eigenvalue weighted by molar-refractivity contribution is 7.80.